The average molecular weight is 203 g/mol. The molecule has 0 aliphatic carbocycles. The van der Waals surface area contributed by atoms with Gasteiger partial charge in [-0.3, -0.25) is 0 Å². The van der Waals surface area contributed by atoms with Crippen LogP contribution >= 0.6 is 0 Å². The van der Waals surface area contributed by atoms with Gasteiger partial charge in [0, 0.05) is 13.1 Å². The van der Waals surface area contributed by atoms with Crippen LogP contribution in [-0.4, -0.2) is 29.7 Å². The standard InChI is InChI=1S/C11H13N3O/c1-2-9-10(14-7-13-9)5-8(1)11-6-12-3-4-15-11/h1-2,5,7,11-12H,3-4,6H2,(H,13,14). The minimum Gasteiger partial charge on any atom is -0.371 e. The van der Waals surface area contributed by atoms with Crippen molar-refractivity contribution in [1.82, 2.24) is 15.3 Å². The maximum atomic E-state index is 5.69. The van der Waals surface area contributed by atoms with Crippen LogP contribution in [0.1, 0.15) is 11.7 Å². The smallest absolute Gasteiger partial charge is 0.0950 e. The number of benzene rings is 1. The highest BCUT2D eigenvalue weighted by Crippen LogP contribution is 2.21. The fourth-order valence-electron chi connectivity index (χ4n) is 1.93. The van der Waals surface area contributed by atoms with Gasteiger partial charge in [0.2, 0.25) is 0 Å². The maximum Gasteiger partial charge on any atom is 0.0950 e. The molecule has 1 aromatic carbocycles. The topological polar surface area (TPSA) is 49.9 Å². The van der Waals surface area contributed by atoms with Gasteiger partial charge >= 0.3 is 0 Å². The Kier molecular flexibility index (Phi) is 2.16. The van der Waals surface area contributed by atoms with E-state index in [2.05, 4.69) is 27.4 Å². The lowest BCUT2D eigenvalue weighted by Crippen LogP contribution is -2.33. The number of H-pyrrole nitrogens is 1. The molecule has 0 saturated carbocycles. The molecular formula is C11H13N3O. The van der Waals surface area contributed by atoms with Crippen LogP contribution in [0.15, 0.2) is 24.5 Å². The second-order valence-corrected chi connectivity index (χ2v) is 3.74. The molecule has 1 aliphatic rings. The van der Waals surface area contributed by atoms with Crippen LogP contribution in [0.5, 0.6) is 0 Å². The molecule has 1 aliphatic heterocycles. The van der Waals surface area contributed by atoms with Crippen molar-refractivity contribution in [3.8, 4) is 0 Å². The molecule has 2 heterocycles. The Balaban J connectivity index is 1.95. The second kappa shape index (κ2) is 3.64. The van der Waals surface area contributed by atoms with Gasteiger partial charge in [-0.05, 0) is 17.7 Å². The van der Waals surface area contributed by atoms with Crippen molar-refractivity contribution in [2.24, 2.45) is 0 Å². The van der Waals surface area contributed by atoms with Crippen LogP contribution in [-0.2, 0) is 4.74 Å². The third-order valence-corrected chi connectivity index (χ3v) is 2.74. The van der Waals surface area contributed by atoms with Crippen LogP contribution in [0.4, 0.5) is 0 Å². The van der Waals surface area contributed by atoms with Crippen molar-refractivity contribution in [1.29, 1.82) is 0 Å². The molecule has 2 aromatic rings. The predicted octanol–water partition coefficient (Wildman–Crippen LogP) is 1.22. The number of aromatic nitrogens is 2. The van der Waals surface area contributed by atoms with E-state index >= 15 is 0 Å². The van der Waals surface area contributed by atoms with Gasteiger partial charge in [-0.2, -0.15) is 0 Å². The Hall–Kier alpha value is -1.39. The fourth-order valence-corrected chi connectivity index (χ4v) is 1.93. The van der Waals surface area contributed by atoms with Gasteiger partial charge < -0.3 is 15.0 Å². The highest BCUT2D eigenvalue weighted by Gasteiger charge is 2.15. The summed E-state index contributed by atoms with van der Waals surface area (Å²) in [5, 5.41) is 3.32. The molecule has 0 radical (unpaired) electrons. The summed E-state index contributed by atoms with van der Waals surface area (Å²) in [6.45, 7) is 2.62. The molecule has 1 unspecified atom stereocenters. The summed E-state index contributed by atoms with van der Waals surface area (Å²) in [6, 6.07) is 6.22. The molecule has 4 nitrogen and oxygen atoms in total. The van der Waals surface area contributed by atoms with E-state index in [1.807, 2.05) is 6.07 Å². The number of morpholine rings is 1. The summed E-state index contributed by atoms with van der Waals surface area (Å²) in [4.78, 5) is 7.30. The number of rotatable bonds is 1. The van der Waals surface area contributed by atoms with Crippen LogP contribution in [0.2, 0.25) is 0 Å². The number of hydrogen-bond acceptors (Lipinski definition) is 3. The Morgan fingerprint density at radius 1 is 1.40 bits per heavy atom. The fraction of sp³-hybridized carbons (Fsp3) is 0.364. The van der Waals surface area contributed by atoms with Crippen LogP contribution in [0.25, 0.3) is 11.0 Å². The largest absolute Gasteiger partial charge is 0.371 e. The number of aromatic amines is 1. The van der Waals surface area contributed by atoms with E-state index in [0.717, 1.165) is 30.7 Å². The van der Waals surface area contributed by atoms with Gasteiger partial charge in [-0.25, -0.2) is 4.98 Å². The first kappa shape index (κ1) is 8.88. The van der Waals surface area contributed by atoms with Crippen LogP contribution < -0.4 is 5.32 Å². The SMILES string of the molecule is c1nc2ccc(C3CNCCO3)cc2[nH]1. The van der Waals surface area contributed by atoms with Crippen LogP contribution in [0, 0.1) is 0 Å². The summed E-state index contributed by atoms with van der Waals surface area (Å²) in [5.74, 6) is 0. The van der Waals surface area contributed by atoms with E-state index in [1.165, 1.54) is 5.56 Å². The van der Waals surface area contributed by atoms with Gasteiger partial charge in [0.15, 0.2) is 0 Å². The number of hydrogen-bond donors (Lipinski definition) is 2. The average Bonchev–Trinajstić information content (AvgIpc) is 2.77. The number of nitrogens with zero attached hydrogens (tertiary/aromatic N) is 1. The molecule has 1 atom stereocenters. The van der Waals surface area contributed by atoms with Gasteiger partial charge in [0.25, 0.3) is 0 Å². The molecule has 78 valence electrons. The third kappa shape index (κ3) is 1.62. The predicted molar refractivity (Wildman–Crippen MR) is 57.7 cm³/mol. The van der Waals surface area contributed by atoms with E-state index in [4.69, 9.17) is 4.74 Å². The molecule has 0 spiro atoms. The number of nitrogens with one attached hydrogen (secondary N) is 2. The van der Waals surface area contributed by atoms with Crippen molar-refractivity contribution in [3.63, 3.8) is 0 Å². The monoisotopic (exact) mass is 203 g/mol. The minimum atomic E-state index is 0.173. The van der Waals surface area contributed by atoms with Crippen LogP contribution in [0.3, 0.4) is 0 Å². The van der Waals surface area contributed by atoms with Crippen molar-refractivity contribution >= 4 is 11.0 Å². The van der Waals surface area contributed by atoms with Crippen molar-refractivity contribution in [3.05, 3.63) is 30.1 Å². The molecule has 4 heteroatoms. The lowest BCUT2D eigenvalue weighted by atomic mass is 10.1. The van der Waals surface area contributed by atoms with E-state index in [9.17, 15) is 0 Å². The molecule has 1 aromatic heterocycles. The first-order valence-electron chi connectivity index (χ1n) is 5.19. The molecule has 2 N–H and O–H groups in total. The van der Waals surface area contributed by atoms with Gasteiger partial charge in [0.1, 0.15) is 0 Å². The summed E-state index contributed by atoms with van der Waals surface area (Å²) < 4.78 is 5.69. The molecule has 1 fully saturated rings. The van der Waals surface area contributed by atoms with Crippen molar-refractivity contribution < 1.29 is 4.74 Å². The van der Waals surface area contributed by atoms with E-state index in [0.29, 0.717) is 0 Å². The Labute approximate surface area is 87.7 Å². The minimum absolute atomic E-state index is 0.173. The van der Waals surface area contributed by atoms with Crippen molar-refractivity contribution in [2.75, 3.05) is 19.7 Å². The van der Waals surface area contributed by atoms with Crippen molar-refractivity contribution in [2.45, 2.75) is 6.10 Å². The Morgan fingerprint density at radius 2 is 2.40 bits per heavy atom. The zero-order chi connectivity index (χ0) is 10.1. The quantitative estimate of drug-likeness (QED) is 0.732. The highest BCUT2D eigenvalue weighted by atomic mass is 16.5. The lowest BCUT2D eigenvalue weighted by molar-refractivity contribution is 0.0278. The van der Waals surface area contributed by atoms with Gasteiger partial charge in [-0.15, -0.1) is 0 Å². The summed E-state index contributed by atoms with van der Waals surface area (Å²) in [7, 11) is 0. The number of fused-ring (bicyclic) bond motifs is 1. The summed E-state index contributed by atoms with van der Waals surface area (Å²) in [6.07, 6.45) is 1.89. The zero-order valence-corrected chi connectivity index (χ0v) is 8.36. The van der Waals surface area contributed by atoms with E-state index in [1.54, 1.807) is 6.33 Å². The maximum absolute atomic E-state index is 5.69. The third-order valence-electron chi connectivity index (χ3n) is 2.74. The van der Waals surface area contributed by atoms with E-state index < -0.39 is 0 Å². The Bertz CT molecular complexity index is 460. The second-order valence-electron chi connectivity index (χ2n) is 3.74. The zero-order valence-electron chi connectivity index (χ0n) is 8.36. The number of ether oxygens (including phenoxy) is 1. The summed E-state index contributed by atoms with van der Waals surface area (Å²) >= 11 is 0. The van der Waals surface area contributed by atoms with Gasteiger partial charge in [-0.1, -0.05) is 6.07 Å². The molecule has 0 bridgehead atoms. The molecule has 3 rings (SSSR count). The highest BCUT2D eigenvalue weighted by molar-refractivity contribution is 5.75. The molecule has 0 amide bonds. The molecular weight excluding hydrogens is 190 g/mol. The summed E-state index contributed by atoms with van der Waals surface area (Å²) in [5.41, 5.74) is 3.28. The normalized spacial score (nSPS) is 22.0. The molecule has 1 saturated heterocycles. The molecule has 15 heavy (non-hydrogen) atoms. The Morgan fingerprint density at radius 3 is 3.27 bits per heavy atom. The number of imidazole rings is 1. The first-order valence-corrected chi connectivity index (χ1v) is 5.19. The first-order chi connectivity index (χ1) is 7.43. The van der Waals surface area contributed by atoms with E-state index in [-0.39, 0.29) is 6.10 Å². The lowest BCUT2D eigenvalue weighted by Gasteiger charge is -2.23. The van der Waals surface area contributed by atoms with Gasteiger partial charge in [0.05, 0.1) is 30.1 Å².